The molecule has 0 aliphatic carbocycles. The number of nitrogens with zero attached hydrogens (tertiary/aromatic N) is 2. The Balaban J connectivity index is 2.26. The molecule has 0 unspecified atom stereocenters. The second-order valence-corrected chi connectivity index (χ2v) is 3.58. The molecule has 60 valence electrons. The topological polar surface area (TPSA) is 6.48 Å². The Morgan fingerprint density at radius 3 is 2.70 bits per heavy atom. The first kappa shape index (κ1) is 8.74. The van der Waals surface area contributed by atoms with Gasteiger partial charge in [-0.3, -0.25) is 4.90 Å². The van der Waals surface area contributed by atoms with E-state index in [0.717, 1.165) is 0 Å². The molecule has 1 aliphatic heterocycles. The molecule has 1 saturated heterocycles. The number of likely N-dealkylation sites (N-methyl/N-ethyl adjacent to an activating group) is 1. The zero-order chi connectivity index (χ0) is 7.40. The molecule has 3 heteroatoms. The summed E-state index contributed by atoms with van der Waals surface area (Å²) in [5, 5.41) is 0. The number of hydrogen-bond acceptors (Lipinski definition) is 2. The van der Waals surface area contributed by atoms with Crippen molar-refractivity contribution in [2.45, 2.75) is 6.42 Å². The Labute approximate surface area is 76.7 Å². The molecule has 0 saturated carbocycles. The normalized spacial score (nSPS) is 24.6. The van der Waals surface area contributed by atoms with Crippen molar-refractivity contribution in [1.29, 1.82) is 0 Å². The minimum Gasteiger partial charge on any atom is -0.305 e. The van der Waals surface area contributed by atoms with Gasteiger partial charge in [-0.15, -0.1) is 0 Å². The van der Waals surface area contributed by atoms with Crippen LogP contribution < -0.4 is 0 Å². The maximum Gasteiger partial charge on any atom is 0.0506 e. The standard InChI is InChI=1S/C7H15IN2/c1-9-3-2-4-10(7-8)6-5-9/h2-7H2,1H3. The number of alkyl halides is 1. The van der Waals surface area contributed by atoms with Crippen LogP contribution in [0.1, 0.15) is 6.42 Å². The quantitative estimate of drug-likeness (QED) is 0.391. The molecule has 0 N–H and O–H groups in total. The van der Waals surface area contributed by atoms with E-state index in [0.29, 0.717) is 0 Å². The van der Waals surface area contributed by atoms with E-state index in [-0.39, 0.29) is 0 Å². The van der Waals surface area contributed by atoms with Crippen molar-refractivity contribution in [1.82, 2.24) is 9.80 Å². The summed E-state index contributed by atoms with van der Waals surface area (Å²) < 4.78 is 1.19. The van der Waals surface area contributed by atoms with E-state index in [1.807, 2.05) is 0 Å². The predicted molar refractivity (Wildman–Crippen MR) is 52.6 cm³/mol. The molecule has 0 spiro atoms. The van der Waals surface area contributed by atoms with Crippen molar-refractivity contribution in [3.8, 4) is 0 Å². The van der Waals surface area contributed by atoms with Gasteiger partial charge in [-0.2, -0.15) is 0 Å². The van der Waals surface area contributed by atoms with Crippen molar-refractivity contribution in [2.24, 2.45) is 0 Å². The van der Waals surface area contributed by atoms with E-state index in [4.69, 9.17) is 0 Å². The summed E-state index contributed by atoms with van der Waals surface area (Å²) in [6.07, 6.45) is 1.33. The summed E-state index contributed by atoms with van der Waals surface area (Å²) in [6.45, 7) is 5.04. The highest BCUT2D eigenvalue weighted by atomic mass is 127. The molecule has 0 amide bonds. The minimum absolute atomic E-state index is 1.19. The highest BCUT2D eigenvalue weighted by molar-refractivity contribution is 14.1. The van der Waals surface area contributed by atoms with Crippen molar-refractivity contribution < 1.29 is 0 Å². The predicted octanol–water partition coefficient (Wildman–Crippen LogP) is 1.02. The summed E-state index contributed by atoms with van der Waals surface area (Å²) in [5.74, 6) is 0. The van der Waals surface area contributed by atoms with Crippen LogP contribution in [0.15, 0.2) is 0 Å². The van der Waals surface area contributed by atoms with Gasteiger partial charge in [0.05, 0.1) is 4.55 Å². The third-order valence-corrected chi connectivity index (χ3v) is 2.95. The number of hydrogen-bond donors (Lipinski definition) is 0. The van der Waals surface area contributed by atoms with Crippen LogP contribution >= 0.6 is 22.6 Å². The summed E-state index contributed by atoms with van der Waals surface area (Å²) in [5.41, 5.74) is 0. The van der Waals surface area contributed by atoms with Gasteiger partial charge in [-0.1, -0.05) is 22.6 Å². The molecule has 1 aliphatic rings. The SMILES string of the molecule is CN1CCCN(CI)CC1. The molecular formula is C7H15IN2. The zero-order valence-electron chi connectivity index (χ0n) is 6.52. The van der Waals surface area contributed by atoms with Crippen LogP contribution in [0.4, 0.5) is 0 Å². The smallest absolute Gasteiger partial charge is 0.0506 e. The first-order chi connectivity index (χ1) is 4.83. The van der Waals surface area contributed by atoms with Gasteiger partial charge >= 0.3 is 0 Å². The van der Waals surface area contributed by atoms with Crippen molar-refractivity contribution in [3.05, 3.63) is 0 Å². The van der Waals surface area contributed by atoms with Gasteiger partial charge in [0.25, 0.3) is 0 Å². The van der Waals surface area contributed by atoms with Gasteiger partial charge in [0.15, 0.2) is 0 Å². The molecule has 0 aromatic heterocycles. The highest BCUT2D eigenvalue weighted by Gasteiger charge is 2.09. The lowest BCUT2D eigenvalue weighted by atomic mass is 10.4. The second kappa shape index (κ2) is 4.51. The fourth-order valence-electron chi connectivity index (χ4n) is 1.22. The molecule has 2 nitrogen and oxygen atoms in total. The Morgan fingerprint density at radius 2 is 2.00 bits per heavy atom. The van der Waals surface area contributed by atoms with Crippen LogP contribution in [-0.4, -0.2) is 47.6 Å². The van der Waals surface area contributed by atoms with Crippen molar-refractivity contribution in [2.75, 3.05) is 37.8 Å². The molecule has 0 radical (unpaired) electrons. The molecule has 0 aromatic carbocycles. The van der Waals surface area contributed by atoms with Gasteiger partial charge < -0.3 is 4.90 Å². The summed E-state index contributed by atoms with van der Waals surface area (Å²) >= 11 is 2.44. The van der Waals surface area contributed by atoms with E-state index in [1.54, 1.807) is 0 Å². The van der Waals surface area contributed by atoms with Gasteiger partial charge in [0, 0.05) is 19.6 Å². The van der Waals surface area contributed by atoms with Gasteiger partial charge in [0.2, 0.25) is 0 Å². The van der Waals surface area contributed by atoms with Crippen LogP contribution in [0.5, 0.6) is 0 Å². The average molecular weight is 254 g/mol. The summed E-state index contributed by atoms with van der Waals surface area (Å²) in [4.78, 5) is 4.91. The highest BCUT2D eigenvalue weighted by Crippen LogP contribution is 2.02. The van der Waals surface area contributed by atoms with E-state index >= 15 is 0 Å². The third kappa shape index (κ3) is 2.72. The van der Waals surface area contributed by atoms with E-state index in [1.165, 1.54) is 37.2 Å². The van der Waals surface area contributed by atoms with Crippen LogP contribution in [0, 0.1) is 0 Å². The second-order valence-electron chi connectivity index (χ2n) is 2.89. The number of halogens is 1. The fourth-order valence-corrected chi connectivity index (χ4v) is 1.90. The summed E-state index contributed by atoms with van der Waals surface area (Å²) in [6, 6.07) is 0. The summed E-state index contributed by atoms with van der Waals surface area (Å²) in [7, 11) is 2.21. The van der Waals surface area contributed by atoms with Gasteiger partial charge in [-0.25, -0.2) is 0 Å². The zero-order valence-corrected chi connectivity index (χ0v) is 8.67. The molecule has 10 heavy (non-hydrogen) atoms. The monoisotopic (exact) mass is 254 g/mol. The first-order valence-electron chi connectivity index (χ1n) is 3.80. The molecule has 1 fully saturated rings. The lowest BCUT2D eigenvalue weighted by molar-refractivity contribution is 0.317. The lowest BCUT2D eigenvalue weighted by Gasteiger charge is -2.15. The minimum atomic E-state index is 1.19. The van der Waals surface area contributed by atoms with Crippen molar-refractivity contribution >= 4 is 22.6 Å². The molecule has 1 heterocycles. The maximum atomic E-state index is 2.50. The Bertz CT molecular complexity index is 97.6. The lowest BCUT2D eigenvalue weighted by Crippen LogP contribution is -2.27. The van der Waals surface area contributed by atoms with Crippen LogP contribution in [-0.2, 0) is 0 Å². The van der Waals surface area contributed by atoms with Crippen LogP contribution in [0.2, 0.25) is 0 Å². The van der Waals surface area contributed by atoms with Gasteiger partial charge in [0.1, 0.15) is 0 Å². The Kier molecular flexibility index (Phi) is 3.95. The first-order valence-corrected chi connectivity index (χ1v) is 5.32. The molecule has 0 atom stereocenters. The average Bonchev–Trinajstić information content (AvgIpc) is 2.14. The van der Waals surface area contributed by atoms with Gasteiger partial charge in [-0.05, 0) is 20.0 Å². The fraction of sp³-hybridized carbons (Fsp3) is 1.00. The Hall–Kier alpha value is 0.650. The van der Waals surface area contributed by atoms with E-state index < -0.39 is 0 Å². The largest absolute Gasteiger partial charge is 0.305 e. The maximum absolute atomic E-state index is 2.50. The molecule has 0 aromatic rings. The number of rotatable bonds is 1. The van der Waals surface area contributed by atoms with Crippen LogP contribution in [0.25, 0.3) is 0 Å². The molecule has 1 rings (SSSR count). The van der Waals surface area contributed by atoms with Crippen LogP contribution in [0.3, 0.4) is 0 Å². The molecule has 0 bridgehead atoms. The van der Waals surface area contributed by atoms with E-state index in [2.05, 4.69) is 39.4 Å². The van der Waals surface area contributed by atoms with Crippen molar-refractivity contribution in [3.63, 3.8) is 0 Å². The third-order valence-electron chi connectivity index (χ3n) is 1.98. The Morgan fingerprint density at radius 1 is 1.20 bits per heavy atom. The molecular weight excluding hydrogens is 239 g/mol. The van der Waals surface area contributed by atoms with E-state index in [9.17, 15) is 0 Å².